The maximum atomic E-state index is 12.3. The highest BCUT2D eigenvalue weighted by Crippen LogP contribution is 2.30. The minimum atomic E-state index is -0.168. The lowest BCUT2D eigenvalue weighted by atomic mass is 9.89. The second-order valence-electron chi connectivity index (χ2n) is 6.88. The van der Waals surface area contributed by atoms with E-state index < -0.39 is 0 Å². The molecule has 7 heteroatoms. The number of hydrogen-bond acceptors (Lipinski definition) is 6. The van der Waals surface area contributed by atoms with Crippen LogP contribution >= 0.6 is 23.1 Å². The lowest BCUT2D eigenvalue weighted by Gasteiger charge is -2.22. The normalized spacial score (nSPS) is 16.2. The van der Waals surface area contributed by atoms with Crippen molar-refractivity contribution in [2.45, 2.75) is 55.5 Å². The van der Waals surface area contributed by atoms with Crippen LogP contribution in [-0.2, 0) is 4.79 Å². The van der Waals surface area contributed by atoms with E-state index >= 15 is 0 Å². The van der Waals surface area contributed by atoms with Crippen LogP contribution in [0, 0.1) is 12.8 Å². The van der Waals surface area contributed by atoms with Gasteiger partial charge < -0.3 is 10.6 Å². The standard InChI is InChI=1S/C19H26N4OS2/c1-13-7-6-10-16(11-13)21-18-22-23-19(26-18)25-14(2)17(24)20-12-15-8-4-3-5-9-15/h6-7,10-11,14-15H,3-5,8-9,12H2,1-2H3,(H,20,24)(H,21,22)/t14-/m1/s1. The third-order valence-electron chi connectivity index (χ3n) is 4.61. The number of carbonyl (C=O) groups excluding carboxylic acids is 1. The van der Waals surface area contributed by atoms with Crippen LogP contribution in [0.3, 0.4) is 0 Å². The number of thioether (sulfide) groups is 1. The molecule has 1 aromatic heterocycles. The first kappa shape index (κ1) is 19.2. The highest BCUT2D eigenvalue weighted by Gasteiger charge is 2.19. The Hall–Kier alpha value is -1.60. The van der Waals surface area contributed by atoms with Gasteiger partial charge in [-0.25, -0.2) is 0 Å². The predicted molar refractivity (Wildman–Crippen MR) is 109 cm³/mol. The molecule has 0 bridgehead atoms. The van der Waals surface area contributed by atoms with Crippen molar-refractivity contribution in [3.05, 3.63) is 29.8 Å². The number of benzene rings is 1. The molecule has 1 atom stereocenters. The SMILES string of the molecule is Cc1cccc(Nc2nnc(S[C@H](C)C(=O)NCC3CCCCC3)s2)c1. The van der Waals surface area contributed by atoms with Crippen LogP contribution in [0.5, 0.6) is 0 Å². The van der Waals surface area contributed by atoms with Crippen molar-refractivity contribution >= 4 is 39.8 Å². The van der Waals surface area contributed by atoms with Gasteiger partial charge in [-0.3, -0.25) is 4.79 Å². The highest BCUT2D eigenvalue weighted by atomic mass is 32.2. The molecule has 1 saturated carbocycles. The predicted octanol–water partition coefficient (Wildman–Crippen LogP) is 4.77. The number of nitrogens with zero attached hydrogens (tertiary/aromatic N) is 2. The Morgan fingerprint density at radius 3 is 2.88 bits per heavy atom. The third-order valence-corrected chi connectivity index (χ3v) is 6.64. The molecule has 1 fully saturated rings. The summed E-state index contributed by atoms with van der Waals surface area (Å²) in [5.74, 6) is 0.737. The van der Waals surface area contributed by atoms with Gasteiger partial charge in [-0.15, -0.1) is 10.2 Å². The van der Waals surface area contributed by atoms with E-state index in [4.69, 9.17) is 0 Å². The molecule has 0 aliphatic heterocycles. The lowest BCUT2D eigenvalue weighted by Crippen LogP contribution is -2.35. The summed E-state index contributed by atoms with van der Waals surface area (Å²) in [6.45, 7) is 4.79. The summed E-state index contributed by atoms with van der Waals surface area (Å²) in [5, 5.41) is 15.3. The molecule has 1 heterocycles. The Labute approximate surface area is 163 Å². The zero-order valence-electron chi connectivity index (χ0n) is 15.3. The van der Waals surface area contributed by atoms with Gasteiger partial charge in [0.2, 0.25) is 11.0 Å². The molecule has 1 amide bonds. The Morgan fingerprint density at radius 2 is 2.12 bits per heavy atom. The van der Waals surface area contributed by atoms with Crippen LogP contribution < -0.4 is 10.6 Å². The van der Waals surface area contributed by atoms with Gasteiger partial charge in [0.1, 0.15) is 0 Å². The van der Waals surface area contributed by atoms with Crippen molar-refractivity contribution in [1.82, 2.24) is 15.5 Å². The molecule has 140 valence electrons. The molecular formula is C19H26N4OS2. The average molecular weight is 391 g/mol. The number of rotatable bonds is 7. The van der Waals surface area contributed by atoms with Gasteiger partial charge in [0.25, 0.3) is 0 Å². The molecule has 26 heavy (non-hydrogen) atoms. The Kier molecular flexibility index (Phi) is 6.91. The smallest absolute Gasteiger partial charge is 0.233 e. The van der Waals surface area contributed by atoms with E-state index in [1.54, 1.807) is 0 Å². The van der Waals surface area contributed by atoms with Gasteiger partial charge in [0.15, 0.2) is 4.34 Å². The van der Waals surface area contributed by atoms with Crippen LogP contribution in [-0.4, -0.2) is 27.9 Å². The fraction of sp³-hybridized carbons (Fsp3) is 0.526. The largest absolute Gasteiger partial charge is 0.355 e. The van der Waals surface area contributed by atoms with E-state index in [9.17, 15) is 4.79 Å². The summed E-state index contributed by atoms with van der Waals surface area (Å²) in [6, 6.07) is 8.13. The van der Waals surface area contributed by atoms with Crippen molar-refractivity contribution in [2.24, 2.45) is 5.92 Å². The molecule has 1 aromatic carbocycles. The molecule has 1 aliphatic rings. The fourth-order valence-corrected chi connectivity index (χ4v) is 5.08. The van der Waals surface area contributed by atoms with Crippen molar-refractivity contribution in [3.63, 3.8) is 0 Å². The summed E-state index contributed by atoms with van der Waals surface area (Å²) in [4.78, 5) is 12.3. The van der Waals surface area contributed by atoms with E-state index in [0.717, 1.165) is 21.7 Å². The highest BCUT2D eigenvalue weighted by molar-refractivity contribution is 8.02. The zero-order valence-corrected chi connectivity index (χ0v) is 17.0. The summed E-state index contributed by atoms with van der Waals surface area (Å²) >= 11 is 2.94. The van der Waals surface area contributed by atoms with E-state index in [1.165, 1.54) is 60.8 Å². The number of aromatic nitrogens is 2. The van der Waals surface area contributed by atoms with Gasteiger partial charge in [0.05, 0.1) is 5.25 Å². The second-order valence-corrected chi connectivity index (χ2v) is 9.44. The van der Waals surface area contributed by atoms with E-state index in [-0.39, 0.29) is 11.2 Å². The van der Waals surface area contributed by atoms with Gasteiger partial charge >= 0.3 is 0 Å². The topological polar surface area (TPSA) is 66.9 Å². The minimum Gasteiger partial charge on any atom is -0.355 e. The molecule has 2 N–H and O–H groups in total. The molecule has 0 spiro atoms. The van der Waals surface area contributed by atoms with Crippen molar-refractivity contribution in [2.75, 3.05) is 11.9 Å². The first-order valence-corrected chi connectivity index (χ1v) is 10.9. The molecule has 1 aliphatic carbocycles. The molecule has 2 aromatic rings. The first-order chi connectivity index (χ1) is 12.6. The summed E-state index contributed by atoms with van der Waals surface area (Å²) in [5.41, 5.74) is 2.19. The molecule has 0 saturated heterocycles. The molecule has 5 nitrogen and oxygen atoms in total. The first-order valence-electron chi connectivity index (χ1n) is 9.22. The monoisotopic (exact) mass is 390 g/mol. The van der Waals surface area contributed by atoms with Gasteiger partial charge in [-0.1, -0.05) is 54.5 Å². The molecular weight excluding hydrogens is 364 g/mol. The number of carbonyl (C=O) groups is 1. The number of aryl methyl sites for hydroxylation is 1. The Balaban J connectivity index is 1.47. The second kappa shape index (κ2) is 9.37. The van der Waals surface area contributed by atoms with Gasteiger partial charge in [-0.2, -0.15) is 0 Å². The Morgan fingerprint density at radius 1 is 1.31 bits per heavy atom. The fourth-order valence-electron chi connectivity index (χ4n) is 3.14. The van der Waals surface area contributed by atoms with E-state index in [2.05, 4.69) is 39.9 Å². The van der Waals surface area contributed by atoms with Crippen LogP contribution in [0.1, 0.15) is 44.6 Å². The van der Waals surface area contributed by atoms with E-state index in [1.807, 2.05) is 19.1 Å². The van der Waals surface area contributed by atoms with Crippen LogP contribution in [0.15, 0.2) is 28.6 Å². The number of nitrogens with one attached hydrogen (secondary N) is 2. The van der Waals surface area contributed by atoms with Crippen molar-refractivity contribution in [3.8, 4) is 0 Å². The minimum absolute atomic E-state index is 0.0870. The van der Waals surface area contributed by atoms with Crippen LogP contribution in [0.4, 0.5) is 10.8 Å². The molecule has 3 rings (SSSR count). The third kappa shape index (κ3) is 5.71. The summed E-state index contributed by atoms with van der Waals surface area (Å²) in [7, 11) is 0. The zero-order chi connectivity index (χ0) is 18.4. The van der Waals surface area contributed by atoms with Crippen LogP contribution in [0.2, 0.25) is 0 Å². The van der Waals surface area contributed by atoms with Crippen LogP contribution in [0.25, 0.3) is 0 Å². The Bertz CT molecular complexity index is 728. The van der Waals surface area contributed by atoms with Crippen molar-refractivity contribution < 1.29 is 4.79 Å². The van der Waals surface area contributed by atoms with Gasteiger partial charge in [0, 0.05) is 12.2 Å². The van der Waals surface area contributed by atoms with Crippen molar-refractivity contribution in [1.29, 1.82) is 0 Å². The number of hydrogen-bond donors (Lipinski definition) is 2. The summed E-state index contributed by atoms with van der Waals surface area (Å²) in [6.07, 6.45) is 6.42. The number of anilines is 2. The molecule has 0 radical (unpaired) electrons. The maximum Gasteiger partial charge on any atom is 0.233 e. The van der Waals surface area contributed by atoms with Gasteiger partial charge in [-0.05, 0) is 50.3 Å². The van der Waals surface area contributed by atoms with E-state index in [0.29, 0.717) is 5.92 Å². The number of amides is 1. The average Bonchev–Trinajstić information content (AvgIpc) is 3.07. The lowest BCUT2D eigenvalue weighted by molar-refractivity contribution is -0.120. The summed E-state index contributed by atoms with van der Waals surface area (Å²) < 4.78 is 0.806. The maximum absolute atomic E-state index is 12.3. The quantitative estimate of drug-likeness (QED) is 0.667. The molecule has 0 unspecified atom stereocenters.